The first-order chi connectivity index (χ1) is 5.42. The van der Waals surface area contributed by atoms with Crippen LogP contribution in [0.2, 0.25) is 0 Å². The molecule has 2 heteroatoms. The van der Waals surface area contributed by atoms with Gasteiger partial charge in [0.05, 0.1) is 0 Å². The molecule has 0 aliphatic rings. The summed E-state index contributed by atoms with van der Waals surface area (Å²) in [4.78, 5) is 0. The molecule has 0 spiro atoms. The van der Waals surface area contributed by atoms with Crippen LogP contribution in [-0.2, 0) is 6.54 Å². The van der Waals surface area contributed by atoms with Gasteiger partial charge in [0.25, 0.3) is 0 Å². The fraction of sp³-hybridized carbons (Fsp3) is 0.200. The Labute approximate surface area is 89.4 Å². The summed E-state index contributed by atoms with van der Waals surface area (Å²) in [6.07, 6.45) is 2.13. The fourth-order valence-electron chi connectivity index (χ4n) is 1.42. The predicted molar refractivity (Wildman–Crippen MR) is 63.0 cm³/mol. The molecule has 0 fully saturated rings. The molecule has 0 aliphatic carbocycles. The van der Waals surface area contributed by atoms with Crippen molar-refractivity contribution in [2.45, 2.75) is 13.5 Å². The van der Waals surface area contributed by atoms with E-state index in [0.717, 1.165) is 6.54 Å². The zero-order valence-electron chi connectivity index (χ0n) is 7.03. The van der Waals surface area contributed by atoms with Crippen LogP contribution in [0.4, 0.5) is 0 Å². The lowest BCUT2D eigenvalue weighted by Crippen LogP contribution is -1.89. The number of rotatable bonds is 1. The molecule has 12 heavy (non-hydrogen) atoms. The van der Waals surface area contributed by atoms with Crippen molar-refractivity contribution < 1.29 is 0 Å². The van der Waals surface area contributed by atoms with Crippen molar-refractivity contribution in [3.05, 3.63) is 36.5 Å². The number of hydrogen-bond donors (Lipinski definition) is 0. The van der Waals surface area contributed by atoms with Crippen LogP contribution >= 0.6 is 24.0 Å². The van der Waals surface area contributed by atoms with Crippen molar-refractivity contribution in [3.8, 4) is 0 Å². The summed E-state index contributed by atoms with van der Waals surface area (Å²) in [6.45, 7) is 3.21. The van der Waals surface area contributed by atoms with Crippen LogP contribution in [0.3, 0.4) is 0 Å². The molecule has 1 heterocycles. The van der Waals surface area contributed by atoms with E-state index in [1.54, 1.807) is 0 Å². The van der Waals surface area contributed by atoms with Crippen molar-refractivity contribution in [2.24, 2.45) is 0 Å². The first-order valence-electron chi connectivity index (χ1n) is 3.95. The maximum atomic E-state index is 2.25. The molecule has 0 N–H and O–H groups in total. The van der Waals surface area contributed by atoms with E-state index in [9.17, 15) is 0 Å². The van der Waals surface area contributed by atoms with Crippen LogP contribution in [0.1, 0.15) is 6.92 Å². The molecular weight excluding hydrogens is 261 g/mol. The van der Waals surface area contributed by atoms with Crippen LogP contribution in [-0.4, -0.2) is 4.57 Å². The average molecular weight is 273 g/mol. The molecule has 2 aromatic rings. The highest BCUT2D eigenvalue weighted by atomic mass is 127. The molecule has 0 radical (unpaired) electrons. The van der Waals surface area contributed by atoms with E-state index in [1.807, 2.05) is 0 Å². The van der Waals surface area contributed by atoms with Crippen LogP contribution in [0.25, 0.3) is 10.9 Å². The van der Waals surface area contributed by atoms with E-state index < -0.39 is 0 Å². The van der Waals surface area contributed by atoms with Gasteiger partial charge in [-0.15, -0.1) is 24.0 Å². The minimum atomic E-state index is 0. The molecule has 0 saturated heterocycles. The monoisotopic (exact) mass is 273 g/mol. The highest BCUT2D eigenvalue weighted by Gasteiger charge is 1.95. The zero-order valence-corrected chi connectivity index (χ0v) is 9.36. The van der Waals surface area contributed by atoms with E-state index in [1.165, 1.54) is 10.9 Å². The second kappa shape index (κ2) is 3.94. The number of aryl methyl sites for hydroxylation is 1. The fourth-order valence-corrected chi connectivity index (χ4v) is 1.42. The van der Waals surface area contributed by atoms with Gasteiger partial charge in [0.15, 0.2) is 0 Å². The lowest BCUT2D eigenvalue weighted by atomic mass is 10.2. The highest BCUT2D eigenvalue weighted by molar-refractivity contribution is 14.0. The summed E-state index contributed by atoms with van der Waals surface area (Å²) < 4.78 is 2.25. The largest absolute Gasteiger partial charge is 0.348 e. The van der Waals surface area contributed by atoms with Crippen molar-refractivity contribution in [1.29, 1.82) is 0 Å². The SMILES string of the molecule is CCn1ccc2ccccc21.I. The van der Waals surface area contributed by atoms with Gasteiger partial charge in [-0.25, -0.2) is 0 Å². The average Bonchev–Trinajstić information content (AvgIpc) is 2.47. The van der Waals surface area contributed by atoms with E-state index in [2.05, 4.69) is 48.0 Å². The van der Waals surface area contributed by atoms with Crippen molar-refractivity contribution in [1.82, 2.24) is 4.57 Å². The first-order valence-corrected chi connectivity index (χ1v) is 3.95. The standard InChI is InChI=1S/C10H11N.HI/c1-2-11-8-7-9-5-3-4-6-10(9)11;/h3-8H,2H2,1H3;1H. The second-order valence-corrected chi connectivity index (χ2v) is 2.66. The zero-order chi connectivity index (χ0) is 7.68. The van der Waals surface area contributed by atoms with Gasteiger partial charge in [0.2, 0.25) is 0 Å². The molecule has 1 aromatic heterocycles. The van der Waals surface area contributed by atoms with Crippen molar-refractivity contribution in [3.63, 3.8) is 0 Å². The third-order valence-electron chi connectivity index (χ3n) is 2.02. The Balaban J connectivity index is 0.000000720. The number of halogens is 1. The minimum Gasteiger partial charge on any atom is -0.348 e. The number of benzene rings is 1. The van der Waals surface area contributed by atoms with E-state index in [-0.39, 0.29) is 24.0 Å². The number of hydrogen-bond acceptors (Lipinski definition) is 0. The smallest absolute Gasteiger partial charge is 0.0480 e. The maximum absolute atomic E-state index is 2.25. The second-order valence-electron chi connectivity index (χ2n) is 2.66. The Morgan fingerprint density at radius 2 is 1.92 bits per heavy atom. The Morgan fingerprint density at radius 1 is 1.17 bits per heavy atom. The molecule has 64 valence electrons. The molecule has 1 aromatic carbocycles. The Bertz CT molecular complexity index is 365. The van der Waals surface area contributed by atoms with Crippen LogP contribution in [0.15, 0.2) is 36.5 Å². The molecule has 1 nitrogen and oxygen atoms in total. The molecule has 0 amide bonds. The molecule has 2 rings (SSSR count). The summed E-state index contributed by atoms with van der Waals surface area (Å²) in [6, 6.07) is 10.6. The van der Waals surface area contributed by atoms with Crippen molar-refractivity contribution >= 4 is 34.9 Å². The van der Waals surface area contributed by atoms with Gasteiger partial charge < -0.3 is 4.57 Å². The van der Waals surface area contributed by atoms with Gasteiger partial charge >= 0.3 is 0 Å². The van der Waals surface area contributed by atoms with Crippen LogP contribution in [0, 0.1) is 0 Å². The summed E-state index contributed by atoms with van der Waals surface area (Å²) in [7, 11) is 0. The summed E-state index contributed by atoms with van der Waals surface area (Å²) in [5, 5.41) is 1.33. The number of para-hydroxylation sites is 1. The molecule has 0 unspecified atom stereocenters. The maximum Gasteiger partial charge on any atom is 0.0480 e. The Kier molecular flexibility index (Phi) is 3.14. The summed E-state index contributed by atoms with van der Waals surface area (Å²) >= 11 is 0. The Morgan fingerprint density at radius 3 is 2.67 bits per heavy atom. The van der Waals surface area contributed by atoms with Gasteiger partial charge in [-0.2, -0.15) is 0 Å². The minimum absolute atomic E-state index is 0. The molecule has 0 atom stereocenters. The van der Waals surface area contributed by atoms with E-state index in [4.69, 9.17) is 0 Å². The van der Waals surface area contributed by atoms with Gasteiger partial charge in [-0.05, 0) is 24.4 Å². The van der Waals surface area contributed by atoms with Crippen LogP contribution in [0.5, 0.6) is 0 Å². The normalized spacial score (nSPS) is 9.75. The van der Waals surface area contributed by atoms with Crippen LogP contribution < -0.4 is 0 Å². The Hall–Kier alpha value is -0.510. The number of nitrogens with zero attached hydrogens (tertiary/aromatic N) is 1. The summed E-state index contributed by atoms with van der Waals surface area (Å²) in [5.74, 6) is 0. The lowest BCUT2D eigenvalue weighted by Gasteiger charge is -1.98. The van der Waals surface area contributed by atoms with E-state index in [0.29, 0.717) is 0 Å². The topological polar surface area (TPSA) is 4.93 Å². The van der Waals surface area contributed by atoms with Gasteiger partial charge in [0, 0.05) is 18.3 Å². The van der Waals surface area contributed by atoms with Gasteiger partial charge in [-0.1, -0.05) is 18.2 Å². The first kappa shape index (κ1) is 9.58. The third kappa shape index (κ3) is 1.48. The number of aromatic nitrogens is 1. The van der Waals surface area contributed by atoms with Gasteiger partial charge in [0.1, 0.15) is 0 Å². The van der Waals surface area contributed by atoms with Crippen molar-refractivity contribution in [2.75, 3.05) is 0 Å². The molecule has 0 bridgehead atoms. The highest BCUT2D eigenvalue weighted by Crippen LogP contribution is 2.14. The van der Waals surface area contributed by atoms with Gasteiger partial charge in [-0.3, -0.25) is 0 Å². The predicted octanol–water partition coefficient (Wildman–Crippen LogP) is 3.28. The quantitative estimate of drug-likeness (QED) is 0.703. The summed E-state index contributed by atoms with van der Waals surface area (Å²) in [5.41, 5.74) is 1.33. The molecule has 0 aliphatic heterocycles. The number of fused-ring (bicyclic) bond motifs is 1. The third-order valence-corrected chi connectivity index (χ3v) is 2.02. The van der Waals surface area contributed by atoms with E-state index >= 15 is 0 Å². The lowest BCUT2D eigenvalue weighted by molar-refractivity contribution is 0.798. The molecule has 0 saturated carbocycles. The molecular formula is C10H12IN.